The lowest BCUT2D eigenvalue weighted by Gasteiger charge is -2.22. The summed E-state index contributed by atoms with van der Waals surface area (Å²) in [7, 11) is 0. The third-order valence-electron chi connectivity index (χ3n) is 3.26. The van der Waals surface area contributed by atoms with Gasteiger partial charge >= 0.3 is 0 Å². The van der Waals surface area contributed by atoms with Gasteiger partial charge in [-0.1, -0.05) is 18.1 Å². The lowest BCUT2D eigenvalue weighted by atomic mass is 9.83. The van der Waals surface area contributed by atoms with Gasteiger partial charge in [0.15, 0.2) is 0 Å². The first kappa shape index (κ1) is 7.35. The maximum absolute atomic E-state index is 5.59. The average Bonchev–Trinajstić information content (AvgIpc) is 2.13. The van der Waals surface area contributed by atoms with Crippen LogP contribution >= 0.6 is 0 Å². The Kier molecular flexibility index (Phi) is 1.57. The molecular weight excluding hydrogens is 134 g/mol. The van der Waals surface area contributed by atoms with Crippen molar-refractivity contribution in [3.63, 3.8) is 0 Å². The first-order valence-corrected chi connectivity index (χ1v) is 4.63. The van der Waals surface area contributed by atoms with Crippen molar-refractivity contribution in [1.82, 2.24) is 0 Å². The molecule has 0 atom stereocenters. The molecule has 11 heavy (non-hydrogen) atoms. The standard InChI is InChI=1S/C10H17N/c1-10(4-5-11)6-8-2-3-9(8)7-10/h2-7,11H2,1H3. The second kappa shape index (κ2) is 2.34. The van der Waals surface area contributed by atoms with E-state index in [9.17, 15) is 0 Å². The fourth-order valence-electron chi connectivity index (χ4n) is 2.52. The van der Waals surface area contributed by atoms with Crippen molar-refractivity contribution in [2.24, 2.45) is 11.1 Å². The molecule has 0 aromatic heterocycles. The number of rotatable bonds is 2. The molecule has 2 rings (SSSR count). The summed E-state index contributed by atoms with van der Waals surface area (Å²) in [5, 5.41) is 0. The highest BCUT2D eigenvalue weighted by Crippen LogP contribution is 2.51. The normalized spacial score (nSPS) is 26.7. The van der Waals surface area contributed by atoms with Gasteiger partial charge in [0.1, 0.15) is 0 Å². The molecule has 0 fully saturated rings. The van der Waals surface area contributed by atoms with Gasteiger partial charge < -0.3 is 5.73 Å². The van der Waals surface area contributed by atoms with Gasteiger partial charge in [-0.3, -0.25) is 0 Å². The van der Waals surface area contributed by atoms with Crippen molar-refractivity contribution in [2.75, 3.05) is 6.54 Å². The van der Waals surface area contributed by atoms with Crippen molar-refractivity contribution in [2.45, 2.75) is 39.0 Å². The Labute approximate surface area is 68.7 Å². The first-order chi connectivity index (χ1) is 5.23. The molecule has 0 saturated heterocycles. The molecule has 2 aliphatic carbocycles. The quantitative estimate of drug-likeness (QED) is 0.602. The van der Waals surface area contributed by atoms with Gasteiger partial charge in [0, 0.05) is 0 Å². The first-order valence-electron chi connectivity index (χ1n) is 4.63. The summed E-state index contributed by atoms with van der Waals surface area (Å²) < 4.78 is 0. The molecule has 0 bridgehead atoms. The number of nitrogens with two attached hydrogens (primary N) is 1. The lowest BCUT2D eigenvalue weighted by Crippen LogP contribution is -2.17. The largest absolute Gasteiger partial charge is 0.330 e. The van der Waals surface area contributed by atoms with E-state index in [-0.39, 0.29) is 0 Å². The molecule has 0 unspecified atom stereocenters. The summed E-state index contributed by atoms with van der Waals surface area (Å²) in [5.74, 6) is 0. The van der Waals surface area contributed by atoms with Gasteiger partial charge in [0.05, 0.1) is 0 Å². The van der Waals surface area contributed by atoms with Crippen molar-refractivity contribution < 1.29 is 0 Å². The van der Waals surface area contributed by atoms with E-state index < -0.39 is 0 Å². The topological polar surface area (TPSA) is 26.0 Å². The van der Waals surface area contributed by atoms with Crippen LogP contribution in [0.1, 0.15) is 39.0 Å². The third kappa shape index (κ3) is 1.12. The van der Waals surface area contributed by atoms with Gasteiger partial charge in [0.25, 0.3) is 0 Å². The smallest absolute Gasteiger partial charge is 0.00719 e. The van der Waals surface area contributed by atoms with Crippen molar-refractivity contribution >= 4 is 0 Å². The van der Waals surface area contributed by atoms with E-state index in [0.29, 0.717) is 5.41 Å². The Morgan fingerprint density at radius 2 is 1.82 bits per heavy atom. The predicted octanol–water partition coefficient (Wildman–Crippen LogP) is 2.23. The minimum Gasteiger partial charge on any atom is -0.330 e. The predicted molar refractivity (Wildman–Crippen MR) is 47.3 cm³/mol. The molecule has 62 valence electrons. The molecular formula is C10H17N. The molecule has 1 nitrogen and oxygen atoms in total. The summed E-state index contributed by atoms with van der Waals surface area (Å²) in [5.41, 5.74) is 9.67. The summed E-state index contributed by atoms with van der Waals surface area (Å²) >= 11 is 0. The molecule has 2 N–H and O–H groups in total. The zero-order valence-corrected chi connectivity index (χ0v) is 7.32. The minimum atomic E-state index is 0.552. The monoisotopic (exact) mass is 151 g/mol. The van der Waals surface area contributed by atoms with Crippen molar-refractivity contribution in [3.05, 3.63) is 11.1 Å². The number of allylic oxidation sites excluding steroid dienone is 2. The Morgan fingerprint density at radius 3 is 2.18 bits per heavy atom. The second-order valence-electron chi connectivity index (χ2n) is 4.41. The Balaban J connectivity index is 2.01. The summed E-state index contributed by atoms with van der Waals surface area (Å²) in [6.45, 7) is 3.25. The van der Waals surface area contributed by atoms with E-state index in [1.807, 2.05) is 0 Å². The highest BCUT2D eigenvalue weighted by molar-refractivity contribution is 5.32. The molecule has 0 heterocycles. The second-order valence-corrected chi connectivity index (χ2v) is 4.41. The van der Waals surface area contributed by atoms with E-state index in [2.05, 4.69) is 6.92 Å². The van der Waals surface area contributed by atoms with Crippen molar-refractivity contribution in [1.29, 1.82) is 0 Å². The summed E-state index contributed by atoms with van der Waals surface area (Å²) in [6, 6.07) is 0. The molecule has 0 spiro atoms. The molecule has 0 aromatic carbocycles. The molecule has 0 saturated carbocycles. The molecule has 0 radical (unpaired) electrons. The van der Waals surface area contributed by atoms with Crippen LogP contribution in [-0.4, -0.2) is 6.54 Å². The van der Waals surface area contributed by atoms with Gasteiger partial charge in [-0.05, 0) is 44.1 Å². The highest BCUT2D eigenvalue weighted by atomic mass is 14.5. The van der Waals surface area contributed by atoms with Crippen LogP contribution in [0.3, 0.4) is 0 Å². The third-order valence-corrected chi connectivity index (χ3v) is 3.26. The molecule has 0 aliphatic heterocycles. The van der Waals surface area contributed by atoms with Gasteiger partial charge in [-0.25, -0.2) is 0 Å². The van der Waals surface area contributed by atoms with Crippen LogP contribution in [0.2, 0.25) is 0 Å². The molecule has 0 aromatic rings. The Bertz CT molecular complexity index is 187. The Hall–Kier alpha value is -0.300. The number of hydrogen-bond acceptors (Lipinski definition) is 1. The molecule has 1 heteroatoms. The minimum absolute atomic E-state index is 0.552. The lowest BCUT2D eigenvalue weighted by molar-refractivity contribution is 0.323. The van der Waals surface area contributed by atoms with Crippen LogP contribution in [-0.2, 0) is 0 Å². The maximum Gasteiger partial charge on any atom is -0.00719 e. The average molecular weight is 151 g/mol. The van der Waals surface area contributed by atoms with Crippen molar-refractivity contribution in [3.8, 4) is 0 Å². The van der Waals surface area contributed by atoms with E-state index >= 15 is 0 Å². The summed E-state index contributed by atoms with van der Waals surface area (Å²) in [4.78, 5) is 0. The molecule has 2 aliphatic rings. The fraction of sp³-hybridized carbons (Fsp3) is 0.800. The Morgan fingerprint density at radius 1 is 1.27 bits per heavy atom. The van der Waals surface area contributed by atoms with Crippen LogP contribution in [0.5, 0.6) is 0 Å². The number of hydrogen-bond donors (Lipinski definition) is 1. The van der Waals surface area contributed by atoms with Gasteiger partial charge in [0.2, 0.25) is 0 Å². The van der Waals surface area contributed by atoms with Crippen LogP contribution in [0.4, 0.5) is 0 Å². The van der Waals surface area contributed by atoms with Crippen LogP contribution in [0.15, 0.2) is 11.1 Å². The zero-order valence-electron chi connectivity index (χ0n) is 7.32. The molecule has 0 amide bonds. The van der Waals surface area contributed by atoms with Gasteiger partial charge in [-0.15, -0.1) is 0 Å². The van der Waals surface area contributed by atoms with Gasteiger partial charge in [-0.2, -0.15) is 0 Å². The SMILES string of the molecule is CC1(CCN)CC2=C(CC2)C1. The van der Waals surface area contributed by atoms with E-state index in [0.717, 1.165) is 6.54 Å². The van der Waals surface area contributed by atoms with E-state index in [1.54, 1.807) is 11.1 Å². The maximum atomic E-state index is 5.59. The summed E-state index contributed by atoms with van der Waals surface area (Å²) in [6.07, 6.45) is 6.67. The van der Waals surface area contributed by atoms with Crippen LogP contribution in [0, 0.1) is 5.41 Å². The van der Waals surface area contributed by atoms with E-state index in [4.69, 9.17) is 5.73 Å². The highest BCUT2D eigenvalue weighted by Gasteiger charge is 2.37. The fourth-order valence-corrected chi connectivity index (χ4v) is 2.52. The zero-order chi connectivity index (χ0) is 7.90. The van der Waals surface area contributed by atoms with Crippen LogP contribution < -0.4 is 5.73 Å². The van der Waals surface area contributed by atoms with E-state index in [1.165, 1.54) is 32.1 Å². The van der Waals surface area contributed by atoms with Crippen LogP contribution in [0.25, 0.3) is 0 Å².